The second-order valence-corrected chi connectivity index (χ2v) is 5.30. The number of rotatable bonds is 8. The van der Waals surface area contributed by atoms with Gasteiger partial charge in [0, 0.05) is 6.04 Å². The minimum absolute atomic E-state index is 0.395. The van der Waals surface area contributed by atoms with Crippen molar-refractivity contribution in [3.05, 3.63) is 35.4 Å². The Morgan fingerprint density at radius 3 is 2.33 bits per heavy atom. The number of hydrogen-bond donors (Lipinski definition) is 2. The highest BCUT2D eigenvalue weighted by Gasteiger charge is 2.19. The van der Waals surface area contributed by atoms with Crippen LogP contribution in [-0.4, -0.2) is 6.04 Å². The summed E-state index contributed by atoms with van der Waals surface area (Å²) in [4.78, 5) is 0. The summed E-state index contributed by atoms with van der Waals surface area (Å²) in [7, 11) is 0. The Bertz CT molecular complexity index is 330. The van der Waals surface area contributed by atoms with Gasteiger partial charge in [0.25, 0.3) is 0 Å². The van der Waals surface area contributed by atoms with Crippen molar-refractivity contribution in [1.29, 1.82) is 0 Å². The molecule has 2 heteroatoms. The highest BCUT2D eigenvalue weighted by atomic mass is 15.2. The van der Waals surface area contributed by atoms with E-state index in [0.29, 0.717) is 12.0 Å². The average Bonchev–Trinajstić information content (AvgIpc) is 2.36. The summed E-state index contributed by atoms with van der Waals surface area (Å²) in [6, 6.07) is 9.13. The van der Waals surface area contributed by atoms with Crippen LogP contribution in [0.2, 0.25) is 0 Å². The van der Waals surface area contributed by atoms with Gasteiger partial charge in [0.05, 0.1) is 0 Å². The first kappa shape index (κ1) is 15.2. The van der Waals surface area contributed by atoms with Crippen molar-refractivity contribution in [2.45, 2.75) is 58.9 Å². The molecule has 0 fully saturated rings. The molecule has 0 saturated heterocycles. The molecule has 2 nitrogen and oxygen atoms in total. The lowest BCUT2D eigenvalue weighted by Crippen LogP contribution is -2.42. The van der Waals surface area contributed by atoms with Gasteiger partial charge < -0.3 is 0 Å². The fourth-order valence-electron chi connectivity index (χ4n) is 2.74. The van der Waals surface area contributed by atoms with Crippen LogP contribution in [0.4, 0.5) is 0 Å². The average molecular weight is 248 g/mol. The van der Waals surface area contributed by atoms with Crippen LogP contribution in [0.5, 0.6) is 0 Å². The Morgan fingerprint density at radius 1 is 1.17 bits per heavy atom. The van der Waals surface area contributed by atoms with Gasteiger partial charge >= 0.3 is 0 Å². The summed E-state index contributed by atoms with van der Waals surface area (Å²) in [6.45, 7) is 6.65. The smallest absolute Gasteiger partial charge is 0.0279 e. The van der Waals surface area contributed by atoms with Crippen molar-refractivity contribution in [2.24, 2.45) is 11.8 Å². The van der Waals surface area contributed by atoms with Crippen LogP contribution in [0.25, 0.3) is 0 Å². The lowest BCUT2D eigenvalue weighted by Gasteiger charge is -2.26. The Kier molecular flexibility index (Phi) is 6.99. The number of aryl methyl sites for hydroxylation is 1. The van der Waals surface area contributed by atoms with Crippen molar-refractivity contribution >= 4 is 0 Å². The van der Waals surface area contributed by atoms with E-state index in [-0.39, 0.29) is 0 Å². The van der Waals surface area contributed by atoms with Gasteiger partial charge in [-0.2, -0.15) is 0 Å². The molecule has 1 aromatic carbocycles. The summed E-state index contributed by atoms with van der Waals surface area (Å²) in [6.07, 6.45) is 6.01. The number of nitrogens with one attached hydrogen (secondary N) is 1. The predicted molar refractivity (Wildman–Crippen MR) is 79.3 cm³/mol. The molecule has 0 spiro atoms. The third-order valence-corrected chi connectivity index (χ3v) is 3.64. The maximum atomic E-state index is 5.77. The first-order valence-electron chi connectivity index (χ1n) is 7.22. The van der Waals surface area contributed by atoms with E-state index in [1.165, 1.54) is 36.8 Å². The molecule has 0 saturated carbocycles. The monoisotopic (exact) mass is 248 g/mol. The van der Waals surface area contributed by atoms with Gasteiger partial charge in [0.15, 0.2) is 0 Å². The highest BCUT2D eigenvalue weighted by molar-refractivity contribution is 5.23. The molecular weight excluding hydrogens is 220 g/mol. The Hall–Kier alpha value is -0.860. The predicted octanol–water partition coefficient (Wildman–Crippen LogP) is 3.59. The topological polar surface area (TPSA) is 38.0 Å². The third kappa shape index (κ3) is 4.79. The minimum Gasteiger partial charge on any atom is -0.271 e. The molecule has 1 unspecified atom stereocenters. The molecule has 1 atom stereocenters. The maximum absolute atomic E-state index is 5.77. The van der Waals surface area contributed by atoms with E-state index in [0.717, 1.165) is 6.42 Å². The molecule has 0 amide bonds. The van der Waals surface area contributed by atoms with Gasteiger partial charge in [-0.15, -0.1) is 0 Å². The Balaban J connectivity index is 2.69. The Morgan fingerprint density at radius 2 is 1.83 bits per heavy atom. The molecule has 0 aliphatic heterocycles. The summed E-state index contributed by atoms with van der Waals surface area (Å²) in [5.41, 5.74) is 5.75. The first-order valence-corrected chi connectivity index (χ1v) is 7.22. The second-order valence-electron chi connectivity index (χ2n) is 5.30. The van der Waals surface area contributed by atoms with Crippen molar-refractivity contribution in [1.82, 2.24) is 5.43 Å². The number of hydrazine groups is 1. The third-order valence-electron chi connectivity index (χ3n) is 3.64. The second kappa shape index (κ2) is 8.28. The van der Waals surface area contributed by atoms with Crippen LogP contribution >= 0.6 is 0 Å². The fraction of sp³-hybridized carbons (Fsp3) is 0.625. The normalized spacial score (nSPS) is 12.9. The van der Waals surface area contributed by atoms with Crippen LogP contribution < -0.4 is 11.3 Å². The molecule has 18 heavy (non-hydrogen) atoms. The van der Waals surface area contributed by atoms with Crippen LogP contribution in [0, 0.1) is 12.8 Å². The van der Waals surface area contributed by atoms with E-state index in [2.05, 4.69) is 50.5 Å². The molecule has 1 rings (SSSR count). The Labute approximate surface area is 112 Å². The first-order chi connectivity index (χ1) is 8.71. The zero-order valence-corrected chi connectivity index (χ0v) is 12.1. The van der Waals surface area contributed by atoms with E-state index >= 15 is 0 Å². The highest BCUT2D eigenvalue weighted by Crippen LogP contribution is 2.21. The van der Waals surface area contributed by atoms with E-state index in [4.69, 9.17) is 5.84 Å². The molecular formula is C16H28N2. The van der Waals surface area contributed by atoms with Gasteiger partial charge in [-0.05, 0) is 37.7 Å². The summed E-state index contributed by atoms with van der Waals surface area (Å²) in [5.74, 6) is 6.46. The lowest BCUT2D eigenvalue weighted by atomic mass is 9.87. The number of benzene rings is 1. The van der Waals surface area contributed by atoms with Crippen molar-refractivity contribution in [3.8, 4) is 0 Å². The van der Waals surface area contributed by atoms with Crippen LogP contribution in [-0.2, 0) is 6.42 Å². The number of nitrogens with two attached hydrogens (primary N) is 1. The summed E-state index contributed by atoms with van der Waals surface area (Å²) in [5, 5.41) is 0. The van der Waals surface area contributed by atoms with Gasteiger partial charge in [-0.1, -0.05) is 56.5 Å². The van der Waals surface area contributed by atoms with Crippen LogP contribution in [0.1, 0.15) is 50.7 Å². The largest absolute Gasteiger partial charge is 0.271 e. The zero-order valence-electron chi connectivity index (χ0n) is 12.1. The van der Waals surface area contributed by atoms with Gasteiger partial charge in [-0.25, -0.2) is 0 Å². The van der Waals surface area contributed by atoms with E-state index in [1.54, 1.807) is 0 Å². The summed E-state index contributed by atoms with van der Waals surface area (Å²) >= 11 is 0. The van der Waals surface area contributed by atoms with Crippen LogP contribution in [0.15, 0.2) is 24.3 Å². The zero-order chi connectivity index (χ0) is 13.4. The maximum Gasteiger partial charge on any atom is 0.0279 e. The van der Waals surface area contributed by atoms with Gasteiger partial charge in [-0.3, -0.25) is 11.3 Å². The van der Waals surface area contributed by atoms with Gasteiger partial charge in [0.1, 0.15) is 0 Å². The molecule has 0 aliphatic carbocycles. The SMILES string of the molecule is CCCC(CCC)C(Cc1cccc(C)c1)NN. The van der Waals surface area contributed by atoms with Crippen molar-refractivity contribution in [3.63, 3.8) is 0 Å². The molecule has 0 aromatic heterocycles. The lowest BCUT2D eigenvalue weighted by molar-refractivity contribution is 0.311. The van der Waals surface area contributed by atoms with Crippen molar-refractivity contribution in [2.75, 3.05) is 0 Å². The standard InChI is InChI=1S/C16H28N2/c1-4-7-15(8-5-2)16(18-17)12-14-10-6-9-13(3)11-14/h6,9-11,15-16,18H,4-5,7-8,12,17H2,1-3H3. The van der Waals surface area contributed by atoms with E-state index in [1.807, 2.05) is 0 Å². The molecule has 0 radical (unpaired) electrons. The quantitative estimate of drug-likeness (QED) is 0.545. The summed E-state index contributed by atoms with van der Waals surface area (Å²) < 4.78 is 0. The molecule has 3 N–H and O–H groups in total. The van der Waals surface area contributed by atoms with E-state index in [9.17, 15) is 0 Å². The molecule has 0 bridgehead atoms. The molecule has 1 aromatic rings. The molecule has 0 heterocycles. The molecule has 102 valence electrons. The fourth-order valence-corrected chi connectivity index (χ4v) is 2.74. The van der Waals surface area contributed by atoms with Crippen molar-refractivity contribution < 1.29 is 0 Å². The number of hydrogen-bond acceptors (Lipinski definition) is 2. The van der Waals surface area contributed by atoms with Crippen LogP contribution in [0.3, 0.4) is 0 Å². The molecule has 0 aliphatic rings. The minimum atomic E-state index is 0.395. The van der Waals surface area contributed by atoms with E-state index < -0.39 is 0 Å². The van der Waals surface area contributed by atoms with Gasteiger partial charge in [0.2, 0.25) is 0 Å².